The number of anilines is 1. The molecule has 0 spiro atoms. The molecule has 2 N–H and O–H groups in total. The average molecular weight is 890 g/mol. The van der Waals surface area contributed by atoms with Gasteiger partial charge in [-0.1, -0.05) is 69.9 Å². The third-order valence-corrected chi connectivity index (χ3v) is 13.5. The highest BCUT2D eigenvalue weighted by atomic mass is 32.2. The van der Waals surface area contributed by atoms with Crippen molar-refractivity contribution in [1.29, 1.82) is 0 Å². The average Bonchev–Trinajstić information content (AvgIpc) is 3.65. The first-order chi connectivity index (χ1) is 30.8. The Morgan fingerprint density at radius 2 is 1.52 bits per heavy atom. The lowest BCUT2D eigenvalue weighted by atomic mass is 10.0. The standard InChI is InChI=1S/C49H55N5O9S/c1-5-26-62-35-17-14-18-36(29-35)63-44-30-42-41(52(3)49(59)53(42)4)28-34(44)31-64(60,61)37-19-13-16-33(27-37)43(55)22-11-9-7-6-8-10-12-25-50-39-21-15-20-38-45(39)48(58)54(47(38)57)40-24-23-32(2)51-46(40)56/h13-21,27-30,40,50H,2,5-12,22-26,31H2,1,3-4H3,(H,51,56). The summed E-state index contributed by atoms with van der Waals surface area (Å²) in [5.41, 5.74) is 3.35. The van der Waals surface area contributed by atoms with Gasteiger partial charge in [-0.2, -0.15) is 0 Å². The molecule has 14 nitrogen and oxygen atoms in total. The highest BCUT2D eigenvalue weighted by Gasteiger charge is 2.45. The number of nitrogens with one attached hydrogen (secondary N) is 2. The number of carbonyl (C=O) groups excluding carboxylic acids is 4. The molecule has 0 saturated carbocycles. The second-order valence-corrected chi connectivity index (χ2v) is 18.5. The Kier molecular flexibility index (Phi) is 14.2. The van der Waals surface area contributed by atoms with Crippen LogP contribution in [0.15, 0.2) is 101 Å². The summed E-state index contributed by atoms with van der Waals surface area (Å²) >= 11 is 0. The van der Waals surface area contributed by atoms with E-state index in [1.165, 1.54) is 21.3 Å². The molecule has 0 bridgehead atoms. The molecular formula is C49H55N5O9S. The van der Waals surface area contributed by atoms with E-state index in [2.05, 4.69) is 17.2 Å². The number of fused-ring (bicyclic) bond motifs is 2. The quantitative estimate of drug-likeness (QED) is 0.0415. The van der Waals surface area contributed by atoms with Gasteiger partial charge in [-0.05, 0) is 74.6 Å². The summed E-state index contributed by atoms with van der Waals surface area (Å²) in [6.45, 7) is 6.94. The van der Waals surface area contributed by atoms with E-state index in [9.17, 15) is 32.4 Å². The Labute approximate surface area is 373 Å². The maximum Gasteiger partial charge on any atom is 0.328 e. The van der Waals surface area contributed by atoms with Crippen molar-refractivity contribution < 1.29 is 37.1 Å². The molecule has 1 saturated heterocycles. The Hall–Kier alpha value is -6.48. The van der Waals surface area contributed by atoms with Crippen molar-refractivity contribution in [1.82, 2.24) is 19.4 Å². The molecule has 1 aromatic heterocycles. The molecule has 5 aromatic rings. The molecule has 0 aliphatic carbocycles. The summed E-state index contributed by atoms with van der Waals surface area (Å²) in [4.78, 5) is 66.3. The normalized spacial score (nSPS) is 15.1. The van der Waals surface area contributed by atoms with E-state index in [-0.39, 0.29) is 22.1 Å². The highest BCUT2D eigenvalue weighted by Crippen LogP contribution is 2.35. The topological polar surface area (TPSA) is 175 Å². The van der Waals surface area contributed by atoms with Crippen LogP contribution in [0.2, 0.25) is 0 Å². The predicted octanol–water partition coefficient (Wildman–Crippen LogP) is 8.24. The van der Waals surface area contributed by atoms with Crippen molar-refractivity contribution in [2.75, 3.05) is 18.5 Å². The number of imide groups is 1. The highest BCUT2D eigenvalue weighted by molar-refractivity contribution is 7.90. The zero-order valence-corrected chi connectivity index (χ0v) is 37.4. The number of amides is 3. The summed E-state index contributed by atoms with van der Waals surface area (Å²) in [6, 6.07) is 20.9. The van der Waals surface area contributed by atoms with Crippen molar-refractivity contribution >= 4 is 50.1 Å². The van der Waals surface area contributed by atoms with Crippen LogP contribution in [0.5, 0.6) is 17.2 Å². The largest absolute Gasteiger partial charge is 0.493 e. The van der Waals surface area contributed by atoms with Crippen molar-refractivity contribution in [3.05, 3.63) is 124 Å². The molecule has 7 rings (SSSR count). The number of ketones is 1. The fraction of sp³-hybridized carbons (Fsp3) is 0.367. The van der Waals surface area contributed by atoms with Crippen LogP contribution in [0.1, 0.15) is 114 Å². The minimum Gasteiger partial charge on any atom is -0.493 e. The van der Waals surface area contributed by atoms with Gasteiger partial charge in [0.05, 0.1) is 39.4 Å². The number of hydrogen-bond acceptors (Lipinski definition) is 10. The summed E-state index contributed by atoms with van der Waals surface area (Å²) in [6.07, 6.45) is 8.28. The number of hydrogen-bond donors (Lipinski definition) is 2. The molecule has 15 heteroatoms. The SMILES string of the molecule is C=C1CCC(N2C(=O)c3cccc(NCCCCCCCCCC(=O)c4cccc(S(=O)(=O)Cc5cc6c(cc5Oc5cccc(OCCC)c5)n(C)c(=O)n6C)c4)c3C2=O)C(=O)N1. The number of carbonyl (C=O) groups is 4. The van der Waals surface area contributed by atoms with Gasteiger partial charge in [-0.3, -0.25) is 33.2 Å². The molecule has 0 radical (unpaired) electrons. The predicted molar refractivity (Wildman–Crippen MR) is 245 cm³/mol. The lowest BCUT2D eigenvalue weighted by Gasteiger charge is -2.29. The second-order valence-electron chi connectivity index (χ2n) is 16.5. The summed E-state index contributed by atoms with van der Waals surface area (Å²) in [7, 11) is -0.683. The van der Waals surface area contributed by atoms with Crippen molar-refractivity contribution in [2.45, 2.75) is 94.2 Å². The first-order valence-corrected chi connectivity index (χ1v) is 23.6. The lowest BCUT2D eigenvalue weighted by molar-refractivity contribution is -0.125. The molecule has 1 unspecified atom stereocenters. The van der Waals surface area contributed by atoms with E-state index in [4.69, 9.17) is 9.47 Å². The summed E-state index contributed by atoms with van der Waals surface area (Å²) < 4.78 is 43.0. The zero-order chi connectivity index (χ0) is 45.5. The third-order valence-electron chi connectivity index (χ3n) is 11.8. The third kappa shape index (κ3) is 9.99. The number of nitrogens with zero attached hydrogens (tertiary/aromatic N) is 3. The number of imidazole rings is 1. The fourth-order valence-corrected chi connectivity index (χ4v) is 9.70. The van der Waals surface area contributed by atoms with E-state index < -0.39 is 39.4 Å². The van der Waals surface area contributed by atoms with E-state index in [1.54, 1.807) is 74.8 Å². The minimum atomic E-state index is -3.97. The number of unbranched alkanes of at least 4 members (excludes halogenated alkanes) is 6. The monoisotopic (exact) mass is 889 g/mol. The van der Waals surface area contributed by atoms with Gasteiger partial charge in [-0.25, -0.2) is 13.2 Å². The summed E-state index contributed by atoms with van der Waals surface area (Å²) in [5, 5.41) is 5.98. The number of Topliss-reactive ketones (excluding diaryl/α,β-unsaturated/α-hetero) is 1. The van der Waals surface area contributed by atoms with Crippen LogP contribution in [-0.2, 0) is 34.5 Å². The van der Waals surface area contributed by atoms with Crippen LogP contribution in [0.4, 0.5) is 5.69 Å². The first kappa shape index (κ1) is 45.5. The fourth-order valence-electron chi connectivity index (χ4n) is 8.31. The molecule has 336 valence electrons. The van der Waals surface area contributed by atoms with Crippen LogP contribution >= 0.6 is 0 Å². The van der Waals surface area contributed by atoms with Crippen LogP contribution in [0.3, 0.4) is 0 Å². The number of ether oxygens (including phenoxy) is 2. The number of benzene rings is 4. The van der Waals surface area contributed by atoms with Gasteiger partial charge in [0, 0.05) is 61.7 Å². The van der Waals surface area contributed by atoms with E-state index in [0.717, 1.165) is 49.8 Å². The zero-order valence-electron chi connectivity index (χ0n) is 36.6. The number of aryl methyl sites for hydroxylation is 2. The van der Waals surface area contributed by atoms with Gasteiger partial charge in [0.15, 0.2) is 15.6 Å². The van der Waals surface area contributed by atoms with Gasteiger partial charge < -0.3 is 20.1 Å². The van der Waals surface area contributed by atoms with Crippen LogP contribution < -0.4 is 25.8 Å². The Bertz CT molecular complexity index is 2790. The molecule has 4 aromatic carbocycles. The number of sulfone groups is 1. The van der Waals surface area contributed by atoms with Crippen molar-refractivity contribution in [3.63, 3.8) is 0 Å². The van der Waals surface area contributed by atoms with Crippen molar-refractivity contribution in [2.24, 2.45) is 14.1 Å². The molecule has 64 heavy (non-hydrogen) atoms. The number of piperidine rings is 1. The second kappa shape index (κ2) is 19.9. The molecule has 2 aliphatic heterocycles. The number of rotatable bonds is 21. The first-order valence-electron chi connectivity index (χ1n) is 22.0. The molecule has 2 aliphatic rings. The van der Waals surface area contributed by atoms with Gasteiger partial charge in [0.25, 0.3) is 11.8 Å². The number of allylic oxidation sites excluding steroid dienone is 1. The van der Waals surface area contributed by atoms with Gasteiger partial charge in [-0.15, -0.1) is 0 Å². The van der Waals surface area contributed by atoms with Gasteiger partial charge >= 0.3 is 5.69 Å². The van der Waals surface area contributed by atoms with Crippen LogP contribution in [0.25, 0.3) is 11.0 Å². The minimum absolute atomic E-state index is 0.0231. The number of aromatic nitrogens is 2. The lowest BCUT2D eigenvalue weighted by Crippen LogP contribution is -2.51. The molecule has 3 amide bonds. The molecule has 3 heterocycles. The van der Waals surface area contributed by atoms with Gasteiger partial charge in [0.1, 0.15) is 23.3 Å². The van der Waals surface area contributed by atoms with E-state index in [1.807, 2.05) is 13.0 Å². The maximum atomic E-state index is 14.0. The van der Waals surface area contributed by atoms with Gasteiger partial charge in [0.2, 0.25) is 5.91 Å². The molecule has 1 fully saturated rings. The Morgan fingerprint density at radius 1 is 0.828 bits per heavy atom. The van der Waals surface area contributed by atoms with E-state index >= 15 is 0 Å². The molecule has 1 atom stereocenters. The van der Waals surface area contributed by atoms with E-state index in [0.29, 0.717) is 95.0 Å². The van der Waals surface area contributed by atoms with Crippen molar-refractivity contribution in [3.8, 4) is 17.2 Å². The maximum absolute atomic E-state index is 14.0. The Morgan fingerprint density at radius 3 is 2.27 bits per heavy atom. The van der Waals surface area contributed by atoms with Crippen LogP contribution in [-0.4, -0.2) is 65.2 Å². The Balaban J connectivity index is 0.879. The summed E-state index contributed by atoms with van der Waals surface area (Å²) in [5.74, 6) is -0.505. The smallest absolute Gasteiger partial charge is 0.328 e. The molecular weight excluding hydrogens is 835 g/mol. The van der Waals surface area contributed by atoms with Crippen LogP contribution in [0, 0.1) is 0 Å².